The number of hydrogen-bond acceptors (Lipinski definition) is 4. The lowest BCUT2D eigenvalue weighted by Gasteiger charge is -2.27. The largest absolute Gasteiger partial charge is 0.494 e. The molecule has 0 radical (unpaired) electrons. The third-order valence-electron chi connectivity index (χ3n) is 4.10. The normalized spacial score (nSPS) is 15.4. The summed E-state index contributed by atoms with van der Waals surface area (Å²) in [4.78, 5) is 4.58. The Kier molecular flexibility index (Phi) is 4.16. The highest BCUT2D eigenvalue weighted by Gasteiger charge is 2.30. The molecule has 124 valence electrons. The highest BCUT2D eigenvalue weighted by atomic mass is 32.2. The van der Waals surface area contributed by atoms with E-state index in [2.05, 4.69) is 4.98 Å². The third kappa shape index (κ3) is 2.86. The Morgan fingerprint density at radius 1 is 1.22 bits per heavy atom. The topological polar surface area (TPSA) is 64.4 Å². The fourth-order valence-electron chi connectivity index (χ4n) is 2.85. The molecule has 1 aromatic carbocycles. The van der Waals surface area contributed by atoms with Crippen LogP contribution in [0, 0.1) is 13.8 Å². The molecule has 7 heteroatoms. The summed E-state index contributed by atoms with van der Waals surface area (Å²) >= 11 is 0. The number of imidazole rings is 1. The Morgan fingerprint density at radius 2 is 2.00 bits per heavy atom. The second-order valence-corrected chi connectivity index (χ2v) is 7.60. The van der Waals surface area contributed by atoms with Crippen molar-refractivity contribution in [1.82, 2.24) is 13.9 Å². The molecule has 0 aliphatic carbocycles. The maximum absolute atomic E-state index is 13.0. The summed E-state index contributed by atoms with van der Waals surface area (Å²) in [6, 6.07) is 3.51. The van der Waals surface area contributed by atoms with Crippen molar-refractivity contribution < 1.29 is 13.2 Å². The predicted octanol–water partition coefficient (Wildman–Crippen LogP) is 2.10. The van der Waals surface area contributed by atoms with Crippen LogP contribution in [0.1, 0.15) is 23.9 Å². The van der Waals surface area contributed by atoms with Gasteiger partial charge >= 0.3 is 0 Å². The summed E-state index contributed by atoms with van der Waals surface area (Å²) in [6.45, 7) is 7.53. The van der Waals surface area contributed by atoms with E-state index in [0.29, 0.717) is 36.7 Å². The van der Waals surface area contributed by atoms with Crippen LogP contribution in [0.2, 0.25) is 0 Å². The molecule has 0 saturated heterocycles. The highest BCUT2D eigenvalue weighted by Crippen LogP contribution is 2.29. The molecular formula is C16H21N3O3S. The first-order valence-electron chi connectivity index (χ1n) is 7.67. The average Bonchev–Trinajstić information content (AvgIpc) is 2.98. The van der Waals surface area contributed by atoms with Crippen LogP contribution in [0.15, 0.2) is 29.4 Å². The fraction of sp³-hybridized carbons (Fsp3) is 0.438. The first-order chi connectivity index (χ1) is 10.9. The van der Waals surface area contributed by atoms with Gasteiger partial charge in [-0.1, -0.05) is 0 Å². The number of benzene rings is 1. The van der Waals surface area contributed by atoms with Crippen LogP contribution in [0.3, 0.4) is 0 Å². The molecule has 0 fully saturated rings. The van der Waals surface area contributed by atoms with E-state index in [9.17, 15) is 8.42 Å². The maximum Gasteiger partial charge on any atom is 0.243 e. The van der Waals surface area contributed by atoms with E-state index in [1.807, 2.05) is 24.6 Å². The standard InChI is InChI=1S/C16H21N3O3S/c1-4-22-14-9-13(3)15(10-12(14)2)23(20,21)19-8-7-18-6-5-17-16(18)11-19/h5-6,9-10H,4,7-8,11H2,1-3H3. The van der Waals surface area contributed by atoms with E-state index in [-0.39, 0.29) is 0 Å². The molecule has 0 unspecified atom stereocenters. The van der Waals surface area contributed by atoms with Crippen molar-refractivity contribution in [2.75, 3.05) is 13.2 Å². The number of fused-ring (bicyclic) bond motifs is 1. The number of nitrogens with zero attached hydrogens (tertiary/aromatic N) is 3. The second kappa shape index (κ2) is 5.98. The molecule has 0 amide bonds. The van der Waals surface area contributed by atoms with Crippen LogP contribution in [-0.4, -0.2) is 35.4 Å². The minimum Gasteiger partial charge on any atom is -0.494 e. The van der Waals surface area contributed by atoms with Gasteiger partial charge in [-0.3, -0.25) is 0 Å². The summed E-state index contributed by atoms with van der Waals surface area (Å²) in [5.41, 5.74) is 1.53. The molecule has 2 heterocycles. The second-order valence-electron chi connectivity index (χ2n) is 5.69. The summed E-state index contributed by atoms with van der Waals surface area (Å²) in [5, 5.41) is 0. The summed E-state index contributed by atoms with van der Waals surface area (Å²) in [6.07, 6.45) is 3.59. The van der Waals surface area contributed by atoms with Gasteiger partial charge in [0.1, 0.15) is 11.6 Å². The minimum atomic E-state index is -3.54. The van der Waals surface area contributed by atoms with Crippen LogP contribution in [0.5, 0.6) is 5.75 Å². The van der Waals surface area contributed by atoms with E-state index in [0.717, 1.165) is 17.1 Å². The third-order valence-corrected chi connectivity index (χ3v) is 6.09. The molecule has 2 aromatic rings. The van der Waals surface area contributed by atoms with Crippen LogP contribution in [0.4, 0.5) is 0 Å². The predicted molar refractivity (Wildman–Crippen MR) is 86.9 cm³/mol. The Labute approximate surface area is 136 Å². The van der Waals surface area contributed by atoms with E-state index >= 15 is 0 Å². The lowest BCUT2D eigenvalue weighted by molar-refractivity contribution is 0.333. The molecule has 0 spiro atoms. The Morgan fingerprint density at radius 3 is 2.74 bits per heavy atom. The summed E-state index contributed by atoms with van der Waals surface area (Å²) in [5.74, 6) is 1.51. The Hall–Kier alpha value is -1.86. The van der Waals surface area contributed by atoms with E-state index in [4.69, 9.17) is 4.74 Å². The van der Waals surface area contributed by atoms with Crippen molar-refractivity contribution >= 4 is 10.0 Å². The number of aromatic nitrogens is 2. The first-order valence-corrected chi connectivity index (χ1v) is 9.11. The summed E-state index contributed by atoms with van der Waals surface area (Å²) in [7, 11) is -3.54. The van der Waals surface area contributed by atoms with Gasteiger partial charge in [0.2, 0.25) is 10.0 Å². The van der Waals surface area contributed by atoms with Gasteiger partial charge in [-0.05, 0) is 44.0 Å². The Bertz CT molecular complexity index is 827. The van der Waals surface area contributed by atoms with Gasteiger partial charge < -0.3 is 9.30 Å². The van der Waals surface area contributed by atoms with Gasteiger partial charge in [-0.25, -0.2) is 13.4 Å². The van der Waals surface area contributed by atoms with Crippen LogP contribution in [0.25, 0.3) is 0 Å². The van der Waals surface area contributed by atoms with Crippen molar-refractivity contribution in [2.24, 2.45) is 0 Å². The molecule has 1 aromatic heterocycles. The van der Waals surface area contributed by atoms with E-state index in [1.165, 1.54) is 4.31 Å². The van der Waals surface area contributed by atoms with Crippen LogP contribution in [-0.2, 0) is 23.1 Å². The molecule has 0 bridgehead atoms. The zero-order valence-electron chi connectivity index (χ0n) is 13.6. The maximum atomic E-state index is 13.0. The summed E-state index contributed by atoms with van der Waals surface area (Å²) < 4.78 is 35.0. The monoisotopic (exact) mass is 335 g/mol. The zero-order chi connectivity index (χ0) is 16.6. The molecule has 1 aliphatic heterocycles. The number of hydrogen-bond donors (Lipinski definition) is 0. The van der Waals surface area contributed by atoms with Crippen LogP contribution < -0.4 is 4.74 Å². The molecular weight excluding hydrogens is 314 g/mol. The van der Waals surface area contributed by atoms with Crippen molar-refractivity contribution in [3.05, 3.63) is 41.5 Å². The Balaban J connectivity index is 1.96. The molecule has 0 N–H and O–H groups in total. The molecule has 0 saturated carbocycles. The number of rotatable bonds is 4. The van der Waals surface area contributed by atoms with Gasteiger partial charge in [0.25, 0.3) is 0 Å². The zero-order valence-corrected chi connectivity index (χ0v) is 14.4. The average molecular weight is 335 g/mol. The van der Waals surface area contributed by atoms with Crippen molar-refractivity contribution in [2.45, 2.75) is 38.8 Å². The lowest BCUT2D eigenvalue weighted by Crippen LogP contribution is -2.38. The minimum absolute atomic E-state index is 0.307. The lowest BCUT2D eigenvalue weighted by atomic mass is 10.1. The fourth-order valence-corrected chi connectivity index (χ4v) is 4.52. The van der Waals surface area contributed by atoms with Gasteiger partial charge in [0.05, 0.1) is 18.0 Å². The van der Waals surface area contributed by atoms with Crippen molar-refractivity contribution in [3.63, 3.8) is 0 Å². The molecule has 1 aliphatic rings. The van der Waals surface area contributed by atoms with Gasteiger partial charge in [-0.15, -0.1) is 0 Å². The van der Waals surface area contributed by atoms with Gasteiger partial charge in [-0.2, -0.15) is 4.31 Å². The highest BCUT2D eigenvalue weighted by molar-refractivity contribution is 7.89. The molecule has 23 heavy (non-hydrogen) atoms. The molecule has 3 rings (SSSR count). The number of sulfonamides is 1. The van der Waals surface area contributed by atoms with Crippen molar-refractivity contribution in [1.29, 1.82) is 0 Å². The smallest absolute Gasteiger partial charge is 0.243 e. The van der Waals surface area contributed by atoms with Crippen molar-refractivity contribution in [3.8, 4) is 5.75 Å². The van der Waals surface area contributed by atoms with Gasteiger partial charge in [0, 0.05) is 25.5 Å². The van der Waals surface area contributed by atoms with Crippen LogP contribution >= 0.6 is 0 Å². The number of aryl methyl sites for hydroxylation is 2. The van der Waals surface area contributed by atoms with E-state index in [1.54, 1.807) is 25.3 Å². The van der Waals surface area contributed by atoms with Gasteiger partial charge in [0.15, 0.2) is 0 Å². The molecule has 0 atom stereocenters. The van der Waals surface area contributed by atoms with E-state index < -0.39 is 10.0 Å². The molecule has 6 nitrogen and oxygen atoms in total. The quantitative estimate of drug-likeness (QED) is 0.858. The number of ether oxygens (including phenoxy) is 1. The first kappa shape index (κ1) is 16.0. The SMILES string of the molecule is CCOc1cc(C)c(S(=O)(=O)N2CCn3ccnc3C2)cc1C.